The lowest BCUT2D eigenvalue weighted by Gasteiger charge is -2.35. The number of hydrogen-bond donors (Lipinski definition) is 2. The molecule has 2 N–H and O–H groups in total. The topological polar surface area (TPSA) is 88.5 Å². The van der Waals surface area contributed by atoms with Crippen molar-refractivity contribution in [1.82, 2.24) is 10.3 Å². The molecule has 7 heteroatoms. The van der Waals surface area contributed by atoms with Crippen LogP contribution in [-0.2, 0) is 0 Å². The van der Waals surface area contributed by atoms with Crippen LogP contribution in [0.3, 0.4) is 0 Å². The average Bonchev–Trinajstić information content (AvgIpc) is 2.73. The van der Waals surface area contributed by atoms with Crippen molar-refractivity contribution in [2.24, 2.45) is 11.8 Å². The highest BCUT2D eigenvalue weighted by Crippen LogP contribution is 2.35. The number of hydrogen-bond acceptors (Lipinski definition) is 5. The van der Waals surface area contributed by atoms with E-state index in [0.717, 1.165) is 25.7 Å². The summed E-state index contributed by atoms with van der Waals surface area (Å²) >= 11 is 6.05. The second-order valence-corrected chi connectivity index (χ2v) is 9.14. The number of nitrogens with one attached hydrogen (secondary N) is 1. The lowest BCUT2D eigenvalue weighted by molar-refractivity contribution is -0.00575. The molecule has 1 aromatic carbocycles. The standard InChI is InChI=1S/C24H29ClN2O4/c1-15(28)20-13-18(10-11-21(20)25)31-23-19(5-4-12-26-23)22(29)27-14-16-6-8-17(9-7-16)24(2,3)30/h4-5,10-13,16-17,30H,6-9,14H2,1-3H3,(H,27,29). The first-order chi connectivity index (χ1) is 14.6. The van der Waals surface area contributed by atoms with Gasteiger partial charge in [0.05, 0.1) is 10.6 Å². The van der Waals surface area contributed by atoms with Crippen molar-refractivity contribution >= 4 is 23.3 Å². The van der Waals surface area contributed by atoms with Gasteiger partial charge < -0.3 is 15.2 Å². The Balaban J connectivity index is 1.63. The minimum atomic E-state index is -0.653. The van der Waals surface area contributed by atoms with Gasteiger partial charge >= 0.3 is 0 Å². The molecule has 166 valence electrons. The summed E-state index contributed by atoms with van der Waals surface area (Å²) in [5.41, 5.74) is 0.0230. The summed E-state index contributed by atoms with van der Waals surface area (Å²) in [6, 6.07) is 8.10. The Hall–Kier alpha value is -2.44. The Morgan fingerprint density at radius 1 is 1.19 bits per heavy atom. The highest BCUT2D eigenvalue weighted by Gasteiger charge is 2.31. The first-order valence-corrected chi connectivity index (χ1v) is 11.0. The van der Waals surface area contributed by atoms with E-state index < -0.39 is 5.60 Å². The minimum absolute atomic E-state index is 0.169. The van der Waals surface area contributed by atoms with E-state index in [2.05, 4.69) is 10.3 Å². The number of ether oxygens (including phenoxy) is 1. The lowest BCUT2D eigenvalue weighted by atomic mass is 9.75. The van der Waals surface area contributed by atoms with Crippen molar-refractivity contribution in [3.8, 4) is 11.6 Å². The maximum atomic E-state index is 12.8. The maximum absolute atomic E-state index is 12.8. The van der Waals surface area contributed by atoms with E-state index in [1.54, 1.807) is 36.5 Å². The van der Waals surface area contributed by atoms with Gasteiger partial charge in [0.25, 0.3) is 5.91 Å². The van der Waals surface area contributed by atoms with Gasteiger partial charge in [-0.2, -0.15) is 0 Å². The molecular weight excluding hydrogens is 416 g/mol. The van der Waals surface area contributed by atoms with Gasteiger partial charge in [0.1, 0.15) is 11.3 Å². The van der Waals surface area contributed by atoms with Crippen molar-refractivity contribution in [2.75, 3.05) is 6.54 Å². The number of aliphatic hydroxyl groups is 1. The van der Waals surface area contributed by atoms with E-state index in [1.165, 1.54) is 6.92 Å². The fourth-order valence-electron chi connectivity index (χ4n) is 4.00. The van der Waals surface area contributed by atoms with Crippen LogP contribution in [-0.4, -0.2) is 33.9 Å². The van der Waals surface area contributed by atoms with Crippen LogP contribution < -0.4 is 10.1 Å². The van der Waals surface area contributed by atoms with Crippen LogP contribution in [0.25, 0.3) is 0 Å². The lowest BCUT2D eigenvalue weighted by Crippen LogP contribution is -2.37. The highest BCUT2D eigenvalue weighted by molar-refractivity contribution is 6.33. The zero-order chi connectivity index (χ0) is 22.6. The Morgan fingerprint density at radius 3 is 2.55 bits per heavy atom. The molecule has 31 heavy (non-hydrogen) atoms. The van der Waals surface area contributed by atoms with Crippen molar-refractivity contribution < 1.29 is 19.4 Å². The van der Waals surface area contributed by atoms with E-state index in [0.29, 0.717) is 40.3 Å². The zero-order valence-electron chi connectivity index (χ0n) is 18.2. The van der Waals surface area contributed by atoms with Gasteiger partial charge in [-0.15, -0.1) is 0 Å². The zero-order valence-corrected chi connectivity index (χ0v) is 18.9. The molecule has 0 aliphatic heterocycles. The third-order valence-corrected chi connectivity index (χ3v) is 6.27. The third kappa shape index (κ3) is 6.05. The normalized spacial score (nSPS) is 19.0. The number of halogens is 1. The second kappa shape index (κ2) is 9.79. The molecule has 6 nitrogen and oxygen atoms in total. The van der Waals surface area contributed by atoms with Gasteiger partial charge in [-0.25, -0.2) is 4.98 Å². The van der Waals surface area contributed by atoms with E-state index in [1.807, 2.05) is 13.8 Å². The number of rotatable bonds is 7. The molecular formula is C24H29ClN2O4. The van der Waals surface area contributed by atoms with Gasteiger partial charge in [-0.05, 0) is 88.6 Å². The van der Waals surface area contributed by atoms with Gasteiger partial charge in [-0.1, -0.05) is 11.6 Å². The number of benzene rings is 1. The summed E-state index contributed by atoms with van der Waals surface area (Å²) in [5, 5.41) is 13.5. The van der Waals surface area contributed by atoms with Crippen LogP contribution in [0, 0.1) is 11.8 Å². The fourth-order valence-corrected chi connectivity index (χ4v) is 4.25. The molecule has 0 saturated heterocycles. The van der Waals surface area contributed by atoms with Crippen LogP contribution in [0.2, 0.25) is 5.02 Å². The van der Waals surface area contributed by atoms with Gasteiger partial charge in [0.15, 0.2) is 5.78 Å². The van der Waals surface area contributed by atoms with Crippen molar-refractivity contribution in [1.29, 1.82) is 0 Å². The summed E-state index contributed by atoms with van der Waals surface area (Å²) < 4.78 is 5.81. The smallest absolute Gasteiger partial charge is 0.256 e. The number of carbonyl (C=O) groups excluding carboxylic acids is 2. The molecule has 0 atom stereocenters. The van der Waals surface area contributed by atoms with Crippen LogP contribution in [0.4, 0.5) is 0 Å². The van der Waals surface area contributed by atoms with Crippen LogP contribution in [0.1, 0.15) is 67.2 Å². The molecule has 1 aliphatic rings. The molecule has 0 radical (unpaired) electrons. The Kier molecular flexibility index (Phi) is 7.34. The molecule has 1 aromatic heterocycles. The number of amides is 1. The molecule has 3 rings (SSSR count). The molecule has 1 fully saturated rings. The molecule has 1 amide bonds. The summed E-state index contributed by atoms with van der Waals surface area (Å²) in [7, 11) is 0. The monoisotopic (exact) mass is 444 g/mol. The third-order valence-electron chi connectivity index (χ3n) is 5.94. The number of pyridine rings is 1. The van der Waals surface area contributed by atoms with Gasteiger partial charge in [0, 0.05) is 18.3 Å². The second-order valence-electron chi connectivity index (χ2n) is 8.74. The van der Waals surface area contributed by atoms with E-state index >= 15 is 0 Å². The number of aromatic nitrogens is 1. The molecule has 1 saturated carbocycles. The maximum Gasteiger partial charge on any atom is 0.256 e. The van der Waals surface area contributed by atoms with Crippen LogP contribution in [0.15, 0.2) is 36.5 Å². The molecule has 1 heterocycles. The van der Waals surface area contributed by atoms with Crippen LogP contribution in [0.5, 0.6) is 11.6 Å². The van der Waals surface area contributed by atoms with E-state index in [9.17, 15) is 14.7 Å². The Labute approximate surface area is 188 Å². The molecule has 2 aromatic rings. The largest absolute Gasteiger partial charge is 0.438 e. The summed E-state index contributed by atoms with van der Waals surface area (Å²) in [6.07, 6.45) is 5.42. The average molecular weight is 445 g/mol. The Morgan fingerprint density at radius 2 is 1.90 bits per heavy atom. The number of nitrogens with zero attached hydrogens (tertiary/aromatic N) is 1. The molecule has 1 aliphatic carbocycles. The summed E-state index contributed by atoms with van der Waals surface area (Å²) in [5.74, 6) is 0.812. The van der Waals surface area contributed by atoms with Crippen molar-refractivity contribution in [3.05, 3.63) is 52.7 Å². The van der Waals surface area contributed by atoms with E-state index in [4.69, 9.17) is 16.3 Å². The van der Waals surface area contributed by atoms with Crippen molar-refractivity contribution in [3.63, 3.8) is 0 Å². The molecule has 0 bridgehead atoms. The number of Topliss-reactive ketones (excluding diaryl/α,β-unsaturated/α-hetero) is 1. The van der Waals surface area contributed by atoms with Gasteiger partial charge in [-0.3, -0.25) is 9.59 Å². The number of ketones is 1. The van der Waals surface area contributed by atoms with Gasteiger partial charge in [0.2, 0.25) is 5.88 Å². The first-order valence-electron chi connectivity index (χ1n) is 10.6. The highest BCUT2D eigenvalue weighted by atomic mass is 35.5. The number of carbonyl (C=O) groups is 2. The minimum Gasteiger partial charge on any atom is -0.438 e. The predicted molar refractivity (Wildman–Crippen MR) is 120 cm³/mol. The van der Waals surface area contributed by atoms with Crippen molar-refractivity contribution in [2.45, 2.75) is 52.1 Å². The SMILES string of the molecule is CC(=O)c1cc(Oc2ncccc2C(=O)NCC2CCC(C(C)(C)O)CC2)ccc1Cl. The fraction of sp³-hybridized carbons (Fsp3) is 0.458. The molecule has 0 spiro atoms. The van der Waals surface area contributed by atoms with Crippen LogP contribution >= 0.6 is 11.6 Å². The first kappa shape index (κ1) is 23.2. The summed E-state index contributed by atoms with van der Waals surface area (Å²) in [4.78, 5) is 28.7. The predicted octanol–water partition coefficient (Wildman–Crippen LogP) is 5.04. The van der Waals surface area contributed by atoms with E-state index in [-0.39, 0.29) is 17.6 Å². The molecule has 0 unspecified atom stereocenters. The quantitative estimate of drug-likeness (QED) is 0.584. The summed E-state index contributed by atoms with van der Waals surface area (Å²) in [6.45, 7) is 5.73. The Bertz CT molecular complexity index is 947.